The Labute approximate surface area is 124 Å². The fourth-order valence-electron chi connectivity index (χ4n) is 3.28. The third-order valence-corrected chi connectivity index (χ3v) is 5.67. The maximum Gasteiger partial charge on any atom is 0.236 e. The first-order valence-corrected chi connectivity index (χ1v) is 8.17. The van der Waals surface area contributed by atoms with Gasteiger partial charge < -0.3 is 10.0 Å². The van der Waals surface area contributed by atoms with E-state index >= 15 is 0 Å². The summed E-state index contributed by atoms with van der Waals surface area (Å²) in [5, 5.41) is 10.4. The van der Waals surface area contributed by atoms with Gasteiger partial charge in [0.05, 0.1) is 10.9 Å². The number of hydrogen-bond donors (Lipinski definition) is 1. The van der Waals surface area contributed by atoms with E-state index in [2.05, 4.69) is 12.1 Å². The summed E-state index contributed by atoms with van der Waals surface area (Å²) in [5.41, 5.74) is 0.615. The Kier molecular flexibility index (Phi) is 3.78. The normalized spacial score (nSPS) is 23.6. The molecule has 108 valence electrons. The number of amides is 1. The van der Waals surface area contributed by atoms with Gasteiger partial charge >= 0.3 is 0 Å². The molecule has 1 saturated carbocycles. The van der Waals surface area contributed by atoms with Crippen molar-refractivity contribution in [2.75, 3.05) is 13.6 Å². The first-order valence-electron chi connectivity index (χ1n) is 7.29. The summed E-state index contributed by atoms with van der Waals surface area (Å²) in [4.78, 5) is 15.5. The van der Waals surface area contributed by atoms with Crippen LogP contribution in [0.3, 0.4) is 0 Å². The molecule has 0 spiro atoms. The van der Waals surface area contributed by atoms with Gasteiger partial charge in [0.1, 0.15) is 0 Å². The van der Waals surface area contributed by atoms with E-state index in [9.17, 15) is 9.90 Å². The molecule has 1 atom stereocenters. The predicted octanol–water partition coefficient (Wildman–Crippen LogP) is 2.47. The lowest BCUT2D eigenvalue weighted by Crippen LogP contribution is -2.45. The second-order valence-electron chi connectivity index (χ2n) is 6.04. The largest absolute Gasteiger partial charge is 0.388 e. The molecule has 0 radical (unpaired) electrons. The average Bonchev–Trinajstić information content (AvgIpc) is 3.03. The zero-order valence-corrected chi connectivity index (χ0v) is 12.7. The van der Waals surface area contributed by atoms with E-state index in [0.29, 0.717) is 6.54 Å². The summed E-state index contributed by atoms with van der Waals surface area (Å²) in [6.45, 7) is 0.471. The minimum atomic E-state index is -0.652. The number of nitrogens with zero attached hydrogens (tertiary/aromatic N) is 1. The van der Waals surface area contributed by atoms with Crippen LogP contribution in [0.5, 0.6) is 0 Å². The van der Waals surface area contributed by atoms with Gasteiger partial charge in [0, 0.05) is 18.5 Å². The number of hydrogen-bond acceptors (Lipinski definition) is 3. The monoisotopic (exact) mass is 291 g/mol. The molecular formula is C16H21NO2S. The molecule has 1 N–H and O–H groups in total. The Bertz CT molecular complexity index is 486. The number of carbonyl (C=O) groups excluding carboxylic acids is 1. The molecule has 2 aliphatic rings. The Hall–Kier alpha value is -1.00. The molecule has 1 aliphatic heterocycles. The number of benzene rings is 1. The van der Waals surface area contributed by atoms with Crippen LogP contribution in [0.2, 0.25) is 0 Å². The van der Waals surface area contributed by atoms with Gasteiger partial charge in [0.25, 0.3) is 0 Å². The fourth-order valence-corrected chi connectivity index (χ4v) is 4.59. The lowest BCUT2D eigenvalue weighted by atomic mass is 10.0. The molecule has 1 fully saturated rings. The fraction of sp³-hybridized carbons (Fsp3) is 0.562. The van der Waals surface area contributed by atoms with Crippen LogP contribution in [0.25, 0.3) is 0 Å². The second kappa shape index (κ2) is 5.41. The maximum absolute atomic E-state index is 12.5. The van der Waals surface area contributed by atoms with Crippen LogP contribution < -0.4 is 0 Å². The molecule has 0 saturated heterocycles. The van der Waals surface area contributed by atoms with Crippen molar-refractivity contribution in [2.24, 2.45) is 0 Å². The van der Waals surface area contributed by atoms with Gasteiger partial charge in [-0.1, -0.05) is 31.0 Å². The molecule has 0 aromatic heterocycles. The molecule has 20 heavy (non-hydrogen) atoms. The summed E-state index contributed by atoms with van der Waals surface area (Å²) >= 11 is 1.66. The maximum atomic E-state index is 12.5. The predicted molar refractivity (Wildman–Crippen MR) is 80.8 cm³/mol. The van der Waals surface area contributed by atoms with Crippen LogP contribution >= 0.6 is 11.8 Å². The number of fused-ring (bicyclic) bond motifs is 1. The van der Waals surface area contributed by atoms with Gasteiger partial charge in [-0.05, 0) is 30.9 Å². The summed E-state index contributed by atoms with van der Waals surface area (Å²) in [6, 6.07) is 8.22. The van der Waals surface area contributed by atoms with E-state index in [0.717, 1.165) is 32.1 Å². The van der Waals surface area contributed by atoms with Crippen molar-refractivity contribution in [1.82, 2.24) is 4.90 Å². The molecule has 4 heteroatoms. The molecule has 3 rings (SSSR count). The van der Waals surface area contributed by atoms with E-state index < -0.39 is 5.60 Å². The molecule has 1 heterocycles. The zero-order valence-electron chi connectivity index (χ0n) is 11.8. The lowest BCUT2D eigenvalue weighted by molar-refractivity contribution is -0.132. The Morgan fingerprint density at radius 3 is 2.80 bits per heavy atom. The van der Waals surface area contributed by atoms with Crippen molar-refractivity contribution in [2.45, 2.75) is 47.9 Å². The minimum Gasteiger partial charge on any atom is -0.388 e. The van der Waals surface area contributed by atoms with Gasteiger partial charge in [0.15, 0.2) is 0 Å². The Balaban J connectivity index is 1.62. The summed E-state index contributed by atoms with van der Waals surface area (Å²) in [5.74, 6) is 0.145. The molecule has 0 bridgehead atoms. The molecule has 3 nitrogen and oxygen atoms in total. The van der Waals surface area contributed by atoms with E-state index in [1.165, 1.54) is 10.5 Å². The van der Waals surface area contributed by atoms with E-state index in [1.807, 2.05) is 19.2 Å². The number of thioether (sulfide) groups is 1. The third kappa shape index (κ3) is 2.72. The van der Waals surface area contributed by atoms with E-state index in [1.54, 1.807) is 16.7 Å². The van der Waals surface area contributed by atoms with Gasteiger partial charge in [-0.2, -0.15) is 0 Å². The first kappa shape index (κ1) is 14.0. The van der Waals surface area contributed by atoms with Crippen molar-refractivity contribution in [3.8, 4) is 0 Å². The summed E-state index contributed by atoms with van der Waals surface area (Å²) in [7, 11) is 1.82. The second-order valence-corrected chi connectivity index (χ2v) is 7.29. The SMILES string of the molecule is CN(CC1(O)CCCC1)C(=O)C1Cc2ccccc2S1. The molecule has 1 amide bonds. The molecule has 1 aromatic carbocycles. The van der Waals surface area contributed by atoms with E-state index in [4.69, 9.17) is 0 Å². The van der Waals surface area contributed by atoms with Crippen molar-refractivity contribution in [3.63, 3.8) is 0 Å². The van der Waals surface area contributed by atoms with Gasteiger partial charge in [-0.15, -0.1) is 11.8 Å². The van der Waals surface area contributed by atoms with Crippen LogP contribution in [0.1, 0.15) is 31.2 Å². The quantitative estimate of drug-likeness (QED) is 0.930. The van der Waals surface area contributed by atoms with Crippen LogP contribution in [0.15, 0.2) is 29.2 Å². The van der Waals surface area contributed by atoms with Gasteiger partial charge in [-0.25, -0.2) is 0 Å². The zero-order chi connectivity index (χ0) is 14.2. The number of likely N-dealkylation sites (N-methyl/N-ethyl adjacent to an activating group) is 1. The highest BCUT2D eigenvalue weighted by atomic mass is 32.2. The van der Waals surface area contributed by atoms with Crippen LogP contribution in [0, 0.1) is 0 Å². The van der Waals surface area contributed by atoms with Crippen molar-refractivity contribution in [3.05, 3.63) is 29.8 Å². The van der Waals surface area contributed by atoms with Gasteiger partial charge in [-0.3, -0.25) is 4.79 Å². The molecule has 1 aliphatic carbocycles. The number of carbonyl (C=O) groups is 1. The van der Waals surface area contributed by atoms with Crippen molar-refractivity contribution >= 4 is 17.7 Å². The first-order chi connectivity index (χ1) is 9.57. The third-order valence-electron chi connectivity index (χ3n) is 4.36. The number of rotatable bonds is 3. The summed E-state index contributed by atoms with van der Waals surface area (Å²) in [6.07, 6.45) is 4.60. The van der Waals surface area contributed by atoms with Crippen LogP contribution in [-0.2, 0) is 11.2 Å². The van der Waals surface area contributed by atoms with Crippen molar-refractivity contribution < 1.29 is 9.90 Å². The number of aliphatic hydroxyl groups is 1. The minimum absolute atomic E-state index is 0.0256. The topological polar surface area (TPSA) is 40.5 Å². The highest BCUT2D eigenvalue weighted by Crippen LogP contribution is 2.38. The molecule has 1 aromatic rings. The van der Waals surface area contributed by atoms with Gasteiger partial charge in [0.2, 0.25) is 5.91 Å². The van der Waals surface area contributed by atoms with Crippen LogP contribution in [0.4, 0.5) is 0 Å². The molecule has 1 unspecified atom stereocenters. The Morgan fingerprint density at radius 1 is 1.40 bits per heavy atom. The Morgan fingerprint density at radius 2 is 2.10 bits per heavy atom. The standard InChI is InChI=1S/C16H21NO2S/c1-17(11-16(19)8-4-5-9-16)15(18)14-10-12-6-2-3-7-13(12)20-14/h2-3,6-7,14,19H,4-5,8-11H2,1H3. The van der Waals surface area contributed by atoms with E-state index in [-0.39, 0.29) is 11.2 Å². The molecular weight excluding hydrogens is 270 g/mol. The smallest absolute Gasteiger partial charge is 0.236 e. The average molecular weight is 291 g/mol. The van der Waals surface area contributed by atoms with Crippen LogP contribution in [-0.4, -0.2) is 40.4 Å². The highest BCUT2D eigenvalue weighted by molar-refractivity contribution is 8.01. The van der Waals surface area contributed by atoms with Crippen molar-refractivity contribution in [1.29, 1.82) is 0 Å². The highest BCUT2D eigenvalue weighted by Gasteiger charge is 2.36. The summed E-state index contributed by atoms with van der Waals surface area (Å²) < 4.78 is 0. The lowest BCUT2D eigenvalue weighted by Gasteiger charge is -2.30.